The fourth-order valence-corrected chi connectivity index (χ4v) is 5.29. The standard InChI is InChI=1S/C30H38N2O4S/c33-30(34)9-2-1-5-19-36-29-8-4-3-7-26(29)23-32(16-6-15-31-17-20-35-21-18-31)28-12-10-25(11-13-28)27-14-22-37-24-27/h3-4,7-8,10-14,22,24H,1-2,5-6,9,15-21,23H2,(H,33,34). The van der Waals surface area contributed by atoms with E-state index in [0.717, 1.165) is 70.9 Å². The van der Waals surface area contributed by atoms with Crippen molar-refractivity contribution in [1.29, 1.82) is 0 Å². The van der Waals surface area contributed by atoms with Crippen LogP contribution in [0.2, 0.25) is 0 Å². The molecule has 1 N–H and O–H groups in total. The number of carbonyl (C=O) groups is 1. The average molecular weight is 523 g/mol. The van der Waals surface area contributed by atoms with E-state index in [9.17, 15) is 4.79 Å². The fraction of sp³-hybridized carbons (Fsp3) is 0.433. The number of carboxylic acid groups (broad SMARTS) is 1. The summed E-state index contributed by atoms with van der Waals surface area (Å²) in [7, 11) is 0. The van der Waals surface area contributed by atoms with E-state index in [1.807, 2.05) is 12.1 Å². The van der Waals surface area contributed by atoms with Crippen LogP contribution in [0.5, 0.6) is 5.75 Å². The summed E-state index contributed by atoms with van der Waals surface area (Å²) in [6.45, 7) is 7.08. The van der Waals surface area contributed by atoms with E-state index in [4.69, 9.17) is 14.6 Å². The second-order valence-electron chi connectivity index (χ2n) is 9.45. The van der Waals surface area contributed by atoms with Crippen LogP contribution >= 0.6 is 11.3 Å². The average Bonchev–Trinajstić information content (AvgIpc) is 3.47. The van der Waals surface area contributed by atoms with Gasteiger partial charge in [0.15, 0.2) is 0 Å². The third-order valence-electron chi connectivity index (χ3n) is 6.72. The predicted octanol–water partition coefficient (Wildman–Crippen LogP) is 6.17. The number of ether oxygens (including phenoxy) is 2. The van der Waals surface area contributed by atoms with Gasteiger partial charge in [-0.1, -0.05) is 30.3 Å². The van der Waals surface area contributed by atoms with Gasteiger partial charge in [-0.15, -0.1) is 0 Å². The molecule has 1 fully saturated rings. The molecular formula is C30H38N2O4S. The van der Waals surface area contributed by atoms with Crippen LogP contribution in [0.4, 0.5) is 5.69 Å². The van der Waals surface area contributed by atoms with Gasteiger partial charge in [-0.05, 0) is 71.8 Å². The maximum absolute atomic E-state index is 10.7. The molecule has 1 saturated heterocycles. The molecule has 0 unspecified atom stereocenters. The van der Waals surface area contributed by atoms with Crippen LogP contribution < -0.4 is 9.64 Å². The molecule has 0 saturated carbocycles. The largest absolute Gasteiger partial charge is 0.493 e. The van der Waals surface area contributed by atoms with Crippen molar-refractivity contribution in [1.82, 2.24) is 4.90 Å². The van der Waals surface area contributed by atoms with Gasteiger partial charge in [-0.2, -0.15) is 11.3 Å². The van der Waals surface area contributed by atoms with E-state index in [1.54, 1.807) is 11.3 Å². The van der Waals surface area contributed by atoms with Gasteiger partial charge in [0.25, 0.3) is 0 Å². The Hall–Kier alpha value is -2.87. The van der Waals surface area contributed by atoms with E-state index in [2.05, 4.69) is 63.0 Å². The molecule has 2 aromatic carbocycles. The number of para-hydroxylation sites is 1. The molecule has 0 amide bonds. The van der Waals surface area contributed by atoms with Crippen LogP contribution in [-0.2, 0) is 16.1 Å². The highest BCUT2D eigenvalue weighted by atomic mass is 32.1. The number of carboxylic acids is 1. The lowest BCUT2D eigenvalue weighted by atomic mass is 10.1. The highest BCUT2D eigenvalue weighted by Gasteiger charge is 2.14. The first-order valence-corrected chi connectivity index (χ1v) is 14.2. The summed E-state index contributed by atoms with van der Waals surface area (Å²) in [4.78, 5) is 15.7. The van der Waals surface area contributed by atoms with Gasteiger partial charge in [-0.3, -0.25) is 9.69 Å². The Morgan fingerprint density at radius 2 is 1.78 bits per heavy atom. The Labute approximate surface area is 224 Å². The van der Waals surface area contributed by atoms with Crippen molar-refractivity contribution in [3.63, 3.8) is 0 Å². The molecule has 37 heavy (non-hydrogen) atoms. The molecule has 2 heterocycles. The number of hydrogen-bond acceptors (Lipinski definition) is 6. The van der Waals surface area contributed by atoms with Gasteiger partial charge in [0.05, 0.1) is 19.8 Å². The Morgan fingerprint density at radius 3 is 2.54 bits per heavy atom. The highest BCUT2D eigenvalue weighted by Crippen LogP contribution is 2.28. The number of morpholine rings is 1. The third-order valence-corrected chi connectivity index (χ3v) is 7.40. The maximum Gasteiger partial charge on any atom is 0.303 e. The van der Waals surface area contributed by atoms with Crippen LogP contribution in [0.25, 0.3) is 11.1 Å². The van der Waals surface area contributed by atoms with Crippen molar-refractivity contribution in [2.75, 3.05) is 50.9 Å². The minimum Gasteiger partial charge on any atom is -0.493 e. The Morgan fingerprint density at radius 1 is 0.973 bits per heavy atom. The molecule has 0 atom stereocenters. The monoisotopic (exact) mass is 522 g/mol. The molecule has 6 nitrogen and oxygen atoms in total. The summed E-state index contributed by atoms with van der Waals surface area (Å²) in [6.07, 6.45) is 3.71. The first-order chi connectivity index (χ1) is 18.2. The summed E-state index contributed by atoms with van der Waals surface area (Å²) in [6, 6.07) is 19.3. The van der Waals surface area contributed by atoms with Crippen LogP contribution in [0.1, 0.15) is 37.7 Å². The van der Waals surface area contributed by atoms with Crippen molar-refractivity contribution < 1.29 is 19.4 Å². The fourth-order valence-electron chi connectivity index (χ4n) is 4.62. The summed E-state index contributed by atoms with van der Waals surface area (Å²) in [5.41, 5.74) is 4.88. The smallest absolute Gasteiger partial charge is 0.303 e. The number of aliphatic carboxylic acids is 1. The number of thiophene rings is 1. The zero-order valence-electron chi connectivity index (χ0n) is 21.5. The van der Waals surface area contributed by atoms with Gasteiger partial charge in [0, 0.05) is 50.4 Å². The predicted molar refractivity (Wildman–Crippen MR) is 151 cm³/mol. The Balaban J connectivity index is 1.40. The minimum atomic E-state index is -0.733. The summed E-state index contributed by atoms with van der Waals surface area (Å²) in [5, 5.41) is 13.1. The highest BCUT2D eigenvalue weighted by molar-refractivity contribution is 7.08. The normalized spacial score (nSPS) is 13.9. The van der Waals surface area contributed by atoms with Gasteiger partial charge in [-0.25, -0.2) is 0 Å². The first-order valence-electron chi connectivity index (χ1n) is 13.3. The zero-order valence-corrected chi connectivity index (χ0v) is 22.3. The summed E-state index contributed by atoms with van der Waals surface area (Å²) >= 11 is 1.72. The Bertz CT molecular complexity index is 1070. The zero-order chi connectivity index (χ0) is 25.7. The quantitative estimate of drug-likeness (QED) is 0.241. The maximum atomic E-state index is 10.7. The van der Waals surface area contributed by atoms with E-state index in [1.165, 1.54) is 22.4 Å². The number of nitrogens with zero attached hydrogens (tertiary/aromatic N) is 2. The van der Waals surface area contributed by atoms with Crippen molar-refractivity contribution in [2.24, 2.45) is 0 Å². The van der Waals surface area contributed by atoms with E-state index >= 15 is 0 Å². The van der Waals surface area contributed by atoms with E-state index < -0.39 is 5.97 Å². The molecule has 1 aliphatic heterocycles. The molecule has 7 heteroatoms. The summed E-state index contributed by atoms with van der Waals surface area (Å²) in [5.74, 6) is 0.178. The van der Waals surface area contributed by atoms with Crippen molar-refractivity contribution in [3.05, 3.63) is 70.9 Å². The number of benzene rings is 2. The molecular weight excluding hydrogens is 484 g/mol. The second kappa shape index (κ2) is 14.8. The van der Waals surface area contributed by atoms with Gasteiger partial charge in [0.2, 0.25) is 0 Å². The van der Waals surface area contributed by atoms with Crippen molar-refractivity contribution in [2.45, 2.75) is 38.6 Å². The van der Waals surface area contributed by atoms with Crippen LogP contribution in [0.3, 0.4) is 0 Å². The van der Waals surface area contributed by atoms with Crippen LogP contribution in [0, 0.1) is 0 Å². The first kappa shape index (κ1) is 27.2. The van der Waals surface area contributed by atoms with Crippen molar-refractivity contribution >= 4 is 23.0 Å². The number of hydrogen-bond donors (Lipinski definition) is 1. The molecule has 1 aromatic heterocycles. The molecule has 0 radical (unpaired) electrons. The van der Waals surface area contributed by atoms with Crippen LogP contribution in [-0.4, -0.2) is 62.0 Å². The van der Waals surface area contributed by atoms with E-state index in [-0.39, 0.29) is 6.42 Å². The van der Waals surface area contributed by atoms with Gasteiger partial charge >= 0.3 is 5.97 Å². The number of rotatable bonds is 15. The van der Waals surface area contributed by atoms with Gasteiger partial charge in [0.1, 0.15) is 5.75 Å². The lowest BCUT2D eigenvalue weighted by Gasteiger charge is -2.30. The SMILES string of the molecule is O=C(O)CCCCCOc1ccccc1CN(CCCN1CCOCC1)c1ccc(-c2ccsc2)cc1. The van der Waals surface area contributed by atoms with E-state index in [0.29, 0.717) is 13.0 Å². The molecule has 0 aliphatic carbocycles. The lowest BCUT2D eigenvalue weighted by Crippen LogP contribution is -2.38. The minimum absolute atomic E-state index is 0.223. The number of unbranched alkanes of at least 4 members (excludes halogenated alkanes) is 2. The molecule has 3 aromatic rings. The summed E-state index contributed by atoms with van der Waals surface area (Å²) < 4.78 is 11.7. The second-order valence-corrected chi connectivity index (χ2v) is 10.2. The lowest BCUT2D eigenvalue weighted by molar-refractivity contribution is -0.137. The molecule has 0 spiro atoms. The molecule has 198 valence electrons. The third kappa shape index (κ3) is 8.88. The topological polar surface area (TPSA) is 62.2 Å². The Kier molecular flexibility index (Phi) is 10.8. The molecule has 4 rings (SSSR count). The molecule has 0 bridgehead atoms. The van der Waals surface area contributed by atoms with Crippen LogP contribution in [0.15, 0.2) is 65.4 Å². The van der Waals surface area contributed by atoms with Gasteiger partial charge < -0.3 is 19.5 Å². The van der Waals surface area contributed by atoms with Crippen molar-refractivity contribution in [3.8, 4) is 16.9 Å². The molecule has 1 aliphatic rings. The number of anilines is 1.